The van der Waals surface area contributed by atoms with Crippen molar-refractivity contribution in [2.75, 3.05) is 47.3 Å². The fraction of sp³-hybridized carbons (Fsp3) is 1.00. The van der Waals surface area contributed by atoms with Crippen LogP contribution in [-0.2, 0) is 0 Å². The minimum atomic E-state index is 1.23. The van der Waals surface area contributed by atoms with E-state index < -0.39 is 0 Å². The van der Waals surface area contributed by atoms with E-state index in [4.69, 9.17) is 0 Å². The van der Waals surface area contributed by atoms with Crippen LogP contribution in [0.1, 0.15) is 117 Å². The smallest absolute Gasteiger partial charge is 0.0782 e. The summed E-state index contributed by atoms with van der Waals surface area (Å²) in [6, 6.07) is 0. The van der Waals surface area contributed by atoms with Gasteiger partial charge in [-0.25, -0.2) is 0 Å². The molecule has 0 amide bonds. The largest absolute Gasteiger partial charge is 0.328 e. The van der Waals surface area contributed by atoms with Gasteiger partial charge in [0.15, 0.2) is 0 Å². The monoisotopic (exact) mass is 383 g/mol. The number of hydrogen-bond acceptors (Lipinski definition) is 1. The maximum Gasteiger partial charge on any atom is 0.0782 e. The lowest BCUT2D eigenvalue weighted by molar-refractivity contribution is -0.890. The first-order valence-corrected chi connectivity index (χ1v) is 12.5. The molecule has 27 heavy (non-hydrogen) atoms. The SMILES string of the molecule is CCCCCCCCN(C)CCCCCC[N+](C)(C)CCCCCCCC. The van der Waals surface area contributed by atoms with Crippen molar-refractivity contribution in [1.29, 1.82) is 0 Å². The van der Waals surface area contributed by atoms with Crippen LogP contribution in [0.25, 0.3) is 0 Å². The summed E-state index contributed by atoms with van der Waals surface area (Å²) in [5, 5.41) is 0. The van der Waals surface area contributed by atoms with Crippen molar-refractivity contribution in [3.05, 3.63) is 0 Å². The summed E-state index contributed by atoms with van der Waals surface area (Å²) >= 11 is 0. The number of nitrogens with zero attached hydrogens (tertiary/aromatic N) is 2. The van der Waals surface area contributed by atoms with E-state index in [-0.39, 0.29) is 0 Å². The molecule has 0 spiro atoms. The molecule has 0 aromatic carbocycles. The Kier molecular flexibility index (Phi) is 19.2. The molecule has 0 radical (unpaired) electrons. The number of unbranched alkanes of at least 4 members (excludes halogenated alkanes) is 13. The van der Waals surface area contributed by atoms with Gasteiger partial charge in [-0.1, -0.05) is 78.1 Å². The molecule has 0 aromatic rings. The Labute approximate surface area is 173 Å². The number of rotatable bonds is 21. The molecule has 0 N–H and O–H groups in total. The Morgan fingerprint density at radius 1 is 0.481 bits per heavy atom. The van der Waals surface area contributed by atoms with Crippen molar-refractivity contribution in [2.45, 2.75) is 117 Å². The van der Waals surface area contributed by atoms with Gasteiger partial charge in [0, 0.05) is 0 Å². The topological polar surface area (TPSA) is 3.24 Å². The van der Waals surface area contributed by atoms with Crippen molar-refractivity contribution in [2.24, 2.45) is 0 Å². The van der Waals surface area contributed by atoms with Crippen LogP contribution in [0.3, 0.4) is 0 Å². The fourth-order valence-corrected chi connectivity index (χ4v) is 3.98. The van der Waals surface area contributed by atoms with Crippen molar-refractivity contribution in [1.82, 2.24) is 4.90 Å². The first kappa shape index (κ1) is 26.9. The molecule has 0 heterocycles. The van der Waals surface area contributed by atoms with Crippen LogP contribution in [0, 0.1) is 0 Å². The Hall–Kier alpha value is -0.0800. The first-order valence-electron chi connectivity index (χ1n) is 12.5. The Morgan fingerprint density at radius 3 is 1.22 bits per heavy atom. The third kappa shape index (κ3) is 20.5. The standard InChI is InChI=1S/C25H55N2/c1-6-8-10-12-14-18-22-26(3)23-19-15-17-21-25-27(4,5)24-20-16-13-11-9-7-2/h6-25H2,1-5H3/q+1. The van der Waals surface area contributed by atoms with Gasteiger partial charge in [-0.3, -0.25) is 0 Å². The van der Waals surface area contributed by atoms with Gasteiger partial charge in [0.05, 0.1) is 27.2 Å². The summed E-state index contributed by atoms with van der Waals surface area (Å²) in [5.41, 5.74) is 0. The molecular formula is C25H55N2+. The van der Waals surface area contributed by atoms with Crippen LogP contribution in [0.15, 0.2) is 0 Å². The molecule has 0 fully saturated rings. The van der Waals surface area contributed by atoms with Crippen molar-refractivity contribution < 1.29 is 4.48 Å². The fourth-order valence-electron chi connectivity index (χ4n) is 3.98. The highest BCUT2D eigenvalue weighted by Gasteiger charge is 2.13. The van der Waals surface area contributed by atoms with Gasteiger partial charge in [0.25, 0.3) is 0 Å². The van der Waals surface area contributed by atoms with Gasteiger partial charge < -0.3 is 9.38 Å². The quantitative estimate of drug-likeness (QED) is 0.149. The lowest BCUT2D eigenvalue weighted by atomic mass is 10.1. The van der Waals surface area contributed by atoms with Gasteiger partial charge >= 0.3 is 0 Å². The molecule has 0 saturated heterocycles. The summed E-state index contributed by atoms with van der Waals surface area (Å²) in [4.78, 5) is 2.55. The molecule has 0 aromatic heterocycles. The van der Waals surface area contributed by atoms with Crippen LogP contribution in [0.2, 0.25) is 0 Å². The van der Waals surface area contributed by atoms with Crippen molar-refractivity contribution in [3.8, 4) is 0 Å². The zero-order chi connectivity index (χ0) is 20.2. The number of hydrogen-bond donors (Lipinski definition) is 0. The van der Waals surface area contributed by atoms with E-state index >= 15 is 0 Å². The average Bonchev–Trinajstić information content (AvgIpc) is 2.63. The molecule has 0 aliphatic rings. The third-order valence-corrected chi connectivity index (χ3v) is 6.06. The Balaban J connectivity index is 3.42. The summed E-state index contributed by atoms with van der Waals surface area (Å²) < 4.78 is 1.23. The van der Waals surface area contributed by atoms with Gasteiger partial charge in [0.1, 0.15) is 0 Å². The van der Waals surface area contributed by atoms with Crippen molar-refractivity contribution in [3.63, 3.8) is 0 Å². The minimum absolute atomic E-state index is 1.23. The predicted octanol–water partition coefficient (Wildman–Crippen LogP) is 7.28. The highest BCUT2D eigenvalue weighted by atomic mass is 15.3. The van der Waals surface area contributed by atoms with E-state index in [1.165, 1.54) is 133 Å². The normalized spacial score (nSPS) is 12.2. The van der Waals surface area contributed by atoms with Crippen LogP contribution < -0.4 is 0 Å². The minimum Gasteiger partial charge on any atom is -0.328 e. The second-order valence-corrected chi connectivity index (χ2v) is 9.64. The lowest BCUT2D eigenvalue weighted by Crippen LogP contribution is -2.41. The highest BCUT2D eigenvalue weighted by molar-refractivity contribution is 4.54. The molecule has 2 nitrogen and oxygen atoms in total. The molecule has 164 valence electrons. The van der Waals surface area contributed by atoms with Crippen LogP contribution in [0.5, 0.6) is 0 Å². The zero-order valence-electron chi connectivity index (χ0n) is 20.0. The maximum atomic E-state index is 2.55. The third-order valence-electron chi connectivity index (χ3n) is 6.06. The summed E-state index contributed by atoms with van der Waals surface area (Å²) in [6.45, 7) is 9.92. The van der Waals surface area contributed by atoms with E-state index in [0.29, 0.717) is 0 Å². The van der Waals surface area contributed by atoms with Crippen molar-refractivity contribution >= 4 is 0 Å². The summed E-state index contributed by atoms with van der Waals surface area (Å²) in [7, 11) is 7.17. The maximum absolute atomic E-state index is 2.55. The average molecular weight is 384 g/mol. The van der Waals surface area contributed by atoms with E-state index in [9.17, 15) is 0 Å². The van der Waals surface area contributed by atoms with E-state index in [2.05, 4.69) is 39.9 Å². The molecule has 0 bridgehead atoms. The second-order valence-electron chi connectivity index (χ2n) is 9.64. The van der Waals surface area contributed by atoms with Crippen LogP contribution >= 0.6 is 0 Å². The van der Waals surface area contributed by atoms with E-state index in [1.54, 1.807) is 0 Å². The molecule has 0 aliphatic carbocycles. The molecule has 0 aliphatic heterocycles. The van der Waals surface area contributed by atoms with Crippen LogP contribution in [0.4, 0.5) is 0 Å². The van der Waals surface area contributed by atoms with Crippen LogP contribution in [-0.4, -0.2) is 56.7 Å². The highest BCUT2D eigenvalue weighted by Crippen LogP contribution is 2.11. The zero-order valence-corrected chi connectivity index (χ0v) is 20.0. The van der Waals surface area contributed by atoms with Gasteiger partial charge in [0.2, 0.25) is 0 Å². The Morgan fingerprint density at radius 2 is 0.815 bits per heavy atom. The summed E-state index contributed by atoms with van der Waals surface area (Å²) in [5.74, 6) is 0. The number of quaternary nitrogens is 1. The molecule has 0 atom stereocenters. The lowest BCUT2D eigenvalue weighted by Gasteiger charge is -2.30. The first-order chi connectivity index (χ1) is 13.0. The van der Waals surface area contributed by atoms with E-state index in [0.717, 1.165) is 0 Å². The van der Waals surface area contributed by atoms with Gasteiger partial charge in [-0.05, 0) is 58.7 Å². The molecule has 0 saturated carbocycles. The second kappa shape index (κ2) is 19.2. The van der Waals surface area contributed by atoms with Gasteiger partial charge in [-0.15, -0.1) is 0 Å². The molecule has 0 rings (SSSR count). The Bertz CT molecular complexity index is 288. The summed E-state index contributed by atoms with van der Waals surface area (Å²) in [6.07, 6.45) is 22.6. The van der Waals surface area contributed by atoms with Gasteiger partial charge in [-0.2, -0.15) is 0 Å². The molecule has 0 unspecified atom stereocenters. The molecular weight excluding hydrogens is 328 g/mol. The molecule has 2 heteroatoms. The van der Waals surface area contributed by atoms with E-state index in [1.807, 2.05) is 0 Å². The predicted molar refractivity (Wildman–Crippen MR) is 125 cm³/mol.